The molecule has 1 atom stereocenters. The minimum absolute atomic E-state index is 0. The van der Waals surface area contributed by atoms with Gasteiger partial charge in [-0.25, -0.2) is 12.8 Å². The third kappa shape index (κ3) is 4.41. The van der Waals surface area contributed by atoms with Gasteiger partial charge in [-0.3, -0.25) is 4.68 Å². The molecule has 9 heteroatoms. The van der Waals surface area contributed by atoms with Crippen LogP contribution in [-0.4, -0.2) is 37.2 Å². The molecule has 0 amide bonds. The van der Waals surface area contributed by atoms with Crippen LogP contribution in [0.5, 0.6) is 0 Å². The van der Waals surface area contributed by atoms with Crippen LogP contribution < -0.4 is 5.32 Å². The number of ether oxygens (including phenoxy) is 1. The Bertz CT molecular complexity index is 1140. The first kappa shape index (κ1) is 21.6. The summed E-state index contributed by atoms with van der Waals surface area (Å²) in [6.07, 6.45) is 0.769. The van der Waals surface area contributed by atoms with E-state index in [0.717, 1.165) is 11.9 Å². The quantitative estimate of drug-likeness (QED) is 0.659. The zero-order valence-electron chi connectivity index (χ0n) is 16.3. The number of aromatic nitrogens is 2. The Labute approximate surface area is 176 Å². The van der Waals surface area contributed by atoms with Gasteiger partial charge in [0.05, 0.1) is 22.8 Å². The van der Waals surface area contributed by atoms with E-state index < -0.39 is 9.84 Å². The molecule has 0 bridgehead atoms. The molecule has 4 rings (SSSR count). The molecule has 0 aliphatic carbocycles. The van der Waals surface area contributed by atoms with Crippen molar-refractivity contribution in [1.29, 1.82) is 0 Å². The molecule has 1 N–H and O–H groups in total. The smallest absolute Gasteiger partial charge is 0.178 e. The molecule has 0 spiro atoms. The molecule has 0 saturated carbocycles. The second-order valence-corrected chi connectivity index (χ2v) is 9.29. The Morgan fingerprint density at radius 3 is 2.76 bits per heavy atom. The van der Waals surface area contributed by atoms with Crippen LogP contribution in [0.2, 0.25) is 0 Å². The van der Waals surface area contributed by atoms with E-state index in [-0.39, 0.29) is 35.9 Å². The second kappa shape index (κ2) is 8.33. The van der Waals surface area contributed by atoms with E-state index >= 15 is 0 Å². The summed E-state index contributed by atoms with van der Waals surface area (Å²) in [6.45, 7) is 2.80. The average Bonchev–Trinajstić information content (AvgIpc) is 3.26. The van der Waals surface area contributed by atoms with Gasteiger partial charge < -0.3 is 10.1 Å². The number of hydrogen-bond donors (Lipinski definition) is 1. The second-order valence-electron chi connectivity index (χ2n) is 7.25. The lowest BCUT2D eigenvalue weighted by Crippen LogP contribution is -2.16. The van der Waals surface area contributed by atoms with Crippen molar-refractivity contribution in [3.8, 4) is 0 Å². The molecule has 0 radical (unpaired) electrons. The van der Waals surface area contributed by atoms with E-state index in [1.807, 2.05) is 0 Å². The van der Waals surface area contributed by atoms with Crippen molar-refractivity contribution in [3.05, 3.63) is 47.8 Å². The van der Waals surface area contributed by atoms with Gasteiger partial charge in [0, 0.05) is 24.7 Å². The van der Waals surface area contributed by atoms with Gasteiger partial charge in [-0.1, -0.05) is 0 Å². The Morgan fingerprint density at radius 2 is 2.07 bits per heavy atom. The molecule has 2 aromatic carbocycles. The van der Waals surface area contributed by atoms with Crippen molar-refractivity contribution in [2.75, 3.05) is 24.3 Å². The predicted octanol–water partition coefficient (Wildman–Crippen LogP) is 3.69. The zero-order chi connectivity index (χ0) is 19.9. The molecule has 29 heavy (non-hydrogen) atoms. The van der Waals surface area contributed by atoms with E-state index in [4.69, 9.17) is 4.74 Å². The van der Waals surface area contributed by atoms with Crippen LogP contribution in [-0.2, 0) is 21.6 Å². The molecule has 1 aliphatic heterocycles. The Morgan fingerprint density at radius 1 is 1.28 bits per heavy atom. The van der Waals surface area contributed by atoms with Gasteiger partial charge in [0.25, 0.3) is 0 Å². The highest BCUT2D eigenvalue weighted by Gasteiger charge is 2.25. The maximum absolute atomic E-state index is 13.5. The minimum Gasteiger partial charge on any atom is -0.381 e. The van der Waals surface area contributed by atoms with Crippen LogP contribution in [0.4, 0.5) is 15.9 Å². The van der Waals surface area contributed by atoms with Gasteiger partial charge in [0.1, 0.15) is 5.82 Å². The molecule has 1 aliphatic rings. The fraction of sp³-hybridized carbons (Fsp3) is 0.350. The van der Waals surface area contributed by atoms with Gasteiger partial charge in [0.2, 0.25) is 0 Å². The van der Waals surface area contributed by atoms with Crippen molar-refractivity contribution in [3.63, 3.8) is 0 Å². The van der Waals surface area contributed by atoms with Crippen LogP contribution in [0.1, 0.15) is 12.0 Å². The number of aryl methyl sites for hydroxylation is 2. The highest BCUT2D eigenvalue weighted by atomic mass is 32.2. The van der Waals surface area contributed by atoms with Gasteiger partial charge in [-0.05, 0) is 61.2 Å². The molecule has 1 saturated heterocycles. The van der Waals surface area contributed by atoms with Gasteiger partial charge >= 0.3 is 0 Å². The normalized spacial score (nSPS) is 16.7. The fourth-order valence-corrected chi connectivity index (χ4v) is 5.16. The lowest BCUT2D eigenvalue weighted by atomic mass is 10.2. The predicted molar refractivity (Wildman–Crippen MR) is 116 cm³/mol. The number of sulfone groups is 1. The number of benzene rings is 2. The molecule has 1 aromatic heterocycles. The molecule has 0 unspecified atom stereocenters. The van der Waals surface area contributed by atoms with Crippen molar-refractivity contribution in [2.45, 2.75) is 18.2 Å². The SMILES string of the molecule is Cc1cc(Nc2nn(C)c3ccc(S(=O)(=O)C[C@H]4CCOC4)cc23)ccc1F.S. The van der Waals surface area contributed by atoms with Gasteiger partial charge in [0.15, 0.2) is 15.7 Å². The topological polar surface area (TPSA) is 73.2 Å². The third-order valence-corrected chi connectivity index (χ3v) is 6.96. The van der Waals surface area contributed by atoms with Crippen LogP contribution in [0, 0.1) is 18.7 Å². The number of hydrogen-bond acceptors (Lipinski definition) is 5. The van der Waals surface area contributed by atoms with Crippen LogP contribution >= 0.6 is 13.5 Å². The maximum Gasteiger partial charge on any atom is 0.178 e. The number of anilines is 2. The summed E-state index contributed by atoms with van der Waals surface area (Å²) in [5.41, 5.74) is 2.02. The molecular weight excluding hydrogens is 413 g/mol. The van der Waals surface area contributed by atoms with Crippen LogP contribution in [0.25, 0.3) is 10.9 Å². The van der Waals surface area contributed by atoms with E-state index in [9.17, 15) is 12.8 Å². The fourth-order valence-electron chi connectivity index (χ4n) is 3.51. The summed E-state index contributed by atoms with van der Waals surface area (Å²) in [6, 6.07) is 9.76. The van der Waals surface area contributed by atoms with E-state index in [1.54, 1.807) is 49.0 Å². The summed E-state index contributed by atoms with van der Waals surface area (Å²) >= 11 is 0. The van der Waals surface area contributed by atoms with Crippen molar-refractivity contribution in [2.24, 2.45) is 13.0 Å². The first-order valence-corrected chi connectivity index (χ1v) is 10.8. The number of nitrogens with one attached hydrogen (secondary N) is 1. The summed E-state index contributed by atoms with van der Waals surface area (Å²) in [7, 11) is -1.62. The summed E-state index contributed by atoms with van der Waals surface area (Å²) < 4.78 is 46.2. The number of halogens is 1. The van der Waals surface area contributed by atoms with E-state index in [0.29, 0.717) is 35.7 Å². The Balaban J connectivity index is 0.00000240. The van der Waals surface area contributed by atoms with Crippen LogP contribution in [0.3, 0.4) is 0 Å². The zero-order valence-corrected chi connectivity index (χ0v) is 18.1. The highest BCUT2D eigenvalue weighted by molar-refractivity contribution is 7.91. The molecule has 6 nitrogen and oxygen atoms in total. The van der Waals surface area contributed by atoms with Crippen molar-refractivity contribution < 1.29 is 17.5 Å². The van der Waals surface area contributed by atoms with E-state index in [2.05, 4.69) is 10.4 Å². The van der Waals surface area contributed by atoms with Crippen molar-refractivity contribution in [1.82, 2.24) is 9.78 Å². The van der Waals surface area contributed by atoms with Crippen molar-refractivity contribution >= 4 is 45.7 Å². The first-order valence-electron chi connectivity index (χ1n) is 9.14. The molecule has 3 aromatic rings. The largest absolute Gasteiger partial charge is 0.381 e. The Kier molecular flexibility index (Phi) is 6.21. The summed E-state index contributed by atoms with van der Waals surface area (Å²) in [4.78, 5) is 0.276. The number of fused-ring (bicyclic) bond motifs is 1. The monoisotopic (exact) mass is 437 g/mol. The maximum atomic E-state index is 13.5. The molecule has 156 valence electrons. The highest BCUT2D eigenvalue weighted by Crippen LogP contribution is 2.30. The van der Waals surface area contributed by atoms with Crippen LogP contribution in [0.15, 0.2) is 41.3 Å². The minimum atomic E-state index is -3.42. The summed E-state index contributed by atoms with van der Waals surface area (Å²) in [5.74, 6) is 0.374. The molecule has 1 fully saturated rings. The standard InChI is InChI=1S/C20H22FN3O3S.H2S/c1-13-9-15(3-5-18(13)21)22-20-17-10-16(4-6-19(17)24(2)23-20)28(25,26)12-14-7-8-27-11-14;/h3-6,9-10,14H,7-8,11-12H2,1-2H3,(H,22,23);1H2/t14-;/m0./s1. The van der Waals surface area contributed by atoms with E-state index in [1.165, 1.54) is 6.07 Å². The first-order chi connectivity index (χ1) is 13.3. The molecular formula is C20H24FN3O3S2. The lowest BCUT2D eigenvalue weighted by molar-refractivity contribution is 0.188. The average molecular weight is 438 g/mol. The lowest BCUT2D eigenvalue weighted by Gasteiger charge is -2.10. The van der Waals surface area contributed by atoms with Gasteiger partial charge in [-0.15, -0.1) is 0 Å². The van der Waals surface area contributed by atoms with Gasteiger partial charge in [-0.2, -0.15) is 18.6 Å². The third-order valence-electron chi connectivity index (χ3n) is 5.08. The number of rotatable bonds is 5. The Hall–Kier alpha value is -2.10. The molecule has 2 heterocycles. The number of nitrogens with zero attached hydrogens (tertiary/aromatic N) is 2. The summed E-state index contributed by atoms with van der Waals surface area (Å²) in [5, 5.41) is 8.34.